The molecule has 0 unspecified atom stereocenters. The fourth-order valence-electron chi connectivity index (χ4n) is 2.11. The molecule has 144 valence electrons. The molecule has 1 rings (SSSR count). The molecule has 5 nitrogen and oxygen atoms in total. The van der Waals surface area contributed by atoms with Crippen LogP contribution in [0.25, 0.3) is 0 Å². The van der Waals surface area contributed by atoms with E-state index in [1.54, 1.807) is 25.3 Å². The van der Waals surface area contributed by atoms with E-state index in [4.69, 9.17) is 4.74 Å². The van der Waals surface area contributed by atoms with Crippen molar-refractivity contribution in [2.24, 2.45) is 4.99 Å². The van der Waals surface area contributed by atoms with Crippen molar-refractivity contribution in [2.75, 3.05) is 26.8 Å². The van der Waals surface area contributed by atoms with Crippen molar-refractivity contribution in [3.63, 3.8) is 0 Å². The Morgan fingerprint density at radius 1 is 1.16 bits per heavy atom. The van der Waals surface area contributed by atoms with Gasteiger partial charge in [0.1, 0.15) is 5.75 Å². The van der Waals surface area contributed by atoms with Crippen LogP contribution in [0.3, 0.4) is 0 Å². The number of halogens is 3. The Labute approximate surface area is 165 Å². The minimum absolute atomic E-state index is 0. The number of aliphatic imine (C=N–C) groups is 1. The Kier molecular flexibility index (Phi) is 14.4. The van der Waals surface area contributed by atoms with Crippen LogP contribution in [0.4, 0.5) is 8.78 Å². The van der Waals surface area contributed by atoms with Gasteiger partial charge < -0.3 is 20.1 Å². The van der Waals surface area contributed by atoms with E-state index in [2.05, 4.69) is 20.4 Å². The largest absolute Gasteiger partial charge is 0.434 e. The van der Waals surface area contributed by atoms with Crippen LogP contribution in [0.5, 0.6) is 5.75 Å². The summed E-state index contributed by atoms with van der Waals surface area (Å²) in [4.78, 5) is 4.43. The number of para-hydroxylation sites is 1. The van der Waals surface area contributed by atoms with Crippen LogP contribution < -0.4 is 15.4 Å². The smallest absolute Gasteiger partial charge is 0.387 e. The first-order valence-corrected chi connectivity index (χ1v) is 8.21. The zero-order valence-corrected chi connectivity index (χ0v) is 17.1. The van der Waals surface area contributed by atoms with Gasteiger partial charge >= 0.3 is 6.61 Å². The molecule has 2 N–H and O–H groups in total. The molecule has 1 aromatic rings. The quantitative estimate of drug-likeness (QED) is 0.223. The Hall–Kier alpha value is -1.16. The summed E-state index contributed by atoms with van der Waals surface area (Å²) >= 11 is 0. The lowest BCUT2D eigenvalue weighted by molar-refractivity contribution is -0.0504. The van der Waals surface area contributed by atoms with Crippen LogP contribution in [0.1, 0.15) is 31.7 Å². The summed E-state index contributed by atoms with van der Waals surface area (Å²) in [5.74, 6) is 0.822. The second-order valence-electron chi connectivity index (χ2n) is 5.16. The van der Waals surface area contributed by atoms with Gasteiger partial charge in [-0.3, -0.25) is 0 Å². The molecule has 0 aliphatic rings. The number of methoxy groups -OCH3 is 1. The number of alkyl halides is 2. The number of hydrogen-bond donors (Lipinski definition) is 2. The lowest BCUT2D eigenvalue weighted by Crippen LogP contribution is -2.37. The monoisotopic (exact) mass is 471 g/mol. The molecule has 0 saturated carbocycles. The van der Waals surface area contributed by atoms with Gasteiger partial charge in [-0.15, -0.1) is 24.0 Å². The summed E-state index contributed by atoms with van der Waals surface area (Å²) in [6.07, 6.45) is 3.12. The Bertz CT molecular complexity index is 491. The van der Waals surface area contributed by atoms with Gasteiger partial charge in [-0.05, 0) is 32.3 Å². The van der Waals surface area contributed by atoms with Crippen molar-refractivity contribution in [3.8, 4) is 5.75 Å². The van der Waals surface area contributed by atoms with Gasteiger partial charge in [0.15, 0.2) is 5.96 Å². The van der Waals surface area contributed by atoms with Crippen LogP contribution in [-0.2, 0) is 11.3 Å². The molecule has 0 saturated heterocycles. The Balaban J connectivity index is 0.00000576. The third-order valence-corrected chi connectivity index (χ3v) is 3.26. The number of rotatable bonds is 11. The summed E-state index contributed by atoms with van der Waals surface area (Å²) in [6.45, 7) is 1.70. The van der Waals surface area contributed by atoms with Crippen LogP contribution in [-0.4, -0.2) is 39.4 Å². The maximum atomic E-state index is 12.4. The third-order valence-electron chi connectivity index (χ3n) is 3.26. The molecule has 25 heavy (non-hydrogen) atoms. The maximum absolute atomic E-state index is 12.4. The molecule has 0 radical (unpaired) electrons. The van der Waals surface area contributed by atoms with Gasteiger partial charge in [-0.1, -0.05) is 18.2 Å². The molecular formula is C17H28F2IN3O2. The molecule has 0 fully saturated rings. The molecule has 0 bridgehead atoms. The highest BCUT2D eigenvalue weighted by Crippen LogP contribution is 2.20. The van der Waals surface area contributed by atoms with Crippen molar-refractivity contribution in [1.29, 1.82) is 0 Å². The summed E-state index contributed by atoms with van der Waals surface area (Å²) < 4.78 is 34.4. The molecular weight excluding hydrogens is 443 g/mol. The van der Waals surface area contributed by atoms with Crippen LogP contribution in [0.2, 0.25) is 0 Å². The van der Waals surface area contributed by atoms with Gasteiger partial charge in [0.2, 0.25) is 0 Å². The van der Waals surface area contributed by atoms with E-state index in [1.165, 1.54) is 6.07 Å². The predicted molar refractivity (Wildman–Crippen MR) is 107 cm³/mol. The average molecular weight is 471 g/mol. The molecule has 0 aromatic heterocycles. The van der Waals surface area contributed by atoms with E-state index in [-0.39, 0.29) is 36.3 Å². The zero-order valence-electron chi connectivity index (χ0n) is 14.8. The number of unbranched alkanes of at least 4 members (excludes halogenated alkanes) is 2. The number of nitrogens with one attached hydrogen (secondary N) is 2. The number of nitrogens with zero attached hydrogens (tertiary/aromatic N) is 1. The van der Waals surface area contributed by atoms with Crippen molar-refractivity contribution in [3.05, 3.63) is 29.8 Å². The van der Waals surface area contributed by atoms with Gasteiger partial charge in [-0.25, -0.2) is 4.99 Å². The average Bonchev–Trinajstić information content (AvgIpc) is 2.56. The van der Waals surface area contributed by atoms with Crippen LogP contribution in [0.15, 0.2) is 29.3 Å². The van der Waals surface area contributed by atoms with Crippen molar-refractivity contribution < 1.29 is 18.3 Å². The number of benzene rings is 1. The third kappa shape index (κ3) is 11.1. The maximum Gasteiger partial charge on any atom is 0.387 e. The second kappa shape index (κ2) is 15.1. The highest BCUT2D eigenvalue weighted by Gasteiger charge is 2.08. The second-order valence-corrected chi connectivity index (χ2v) is 5.16. The van der Waals surface area contributed by atoms with Crippen molar-refractivity contribution >= 4 is 29.9 Å². The van der Waals surface area contributed by atoms with Crippen molar-refractivity contribution in [1.82, 2.24) is 10.6 Å². The van der Waals surface area contributed by atoms with Crippen LogP contribution >= 0.6 is 24.0 Å². The summed E-state index contributed by atoms with van der Waals surface area (Å²) in [7, 11) is 1.70. The molecule has 0 atom stereocenters. The molecule has 0 heterocycles. The minimum Gasteiger partial charge on any atom is -0.434 e. The fourth-order valence-corrected chi connectivity index (χ4v) is 2.11. The normalized spacial score (nSPS) is 11.2. The Morgan fingerprint density at radius 2 is 1.92 bits per heavy atom. The van der Waals surface area contributed by atoms with E-state index in [0.717, 1.165) is 39.0 Å². The van der Waals surface area contributed by atoms with E-state index < -0.39 is 6.61 Å². The lowest BCUT2D eigenvalue weighted by Gasteiger charge is -2.12. The lowest BCUT2D eigenvalue weighted by atomic mass is 10.2. The van der Waals surface area contributed by atoms with E-state index in [9.17, 15) is 8.78 Å². The van der Waals surface area contributed by atoms with E-state index in [1.807, 2.05) is 6.92 Å². The minimum atomic E-state index is -2.84. The first kappa shape index (κ1) is 23.8. The Morgan fingerprint density at radius 3 is 2.60 bits per heavy atom. The SMILES string of the molecule is CCNC(=NCc1ccccc1OC(F)F)NCCCCCOC.I. The summed E-state index contributed by atoms with van der Waals surface area (Å²) in [5.41, 5.74) is 0.620. The highest BCUT2D eigenvalue weighted by molar-refractivity contribution is 14.0. The topological polar surface area (TPSA) is 54.9 Å². The summed E-state index contributed by atoms with van der Waals surface area (Å²) in [5, 5.41) is 6.38. The number of hydrogen-bond acceptors (Lipinski definition) is 3. The summed E-state index contributed by atoms with van der Waals surface area (Å²) in [6, 6.07) is 6.69. The molecule has 8 heteroatoms. The molecule has 1 aromatic carbocycles. The number of guanidine groups is 1. The van der Waals surface area contributed by atoms with Gasteiger partial charge in [-0.2, -0.15) is 8.78 Å². The highest BCUT2D eigenvalue weighted by atomic mass is 127. The predicted octanol–water partition coefficient (Wildman–Crippen LogP) is 3.78. The van der Waals surface area contributed by atoms with Gasteiger partial charge in [0.05, 0.1) is 6.54 Å². The van der Waals surface area contributed by atoms with Gasteiger partial charge in [0, 0.05) is 32.4 Å². The first-order valence-electron chi connectivity index (χ1n) is 8.21. The van der Waals surface area contributed by atoms with Crippen LogP contribution in [0, 0.1) is 0 Å². The first-order chi connectivity index (χ1) is 11.7. The van der Waals surface area contributed by atoms with Crippen molar-refractivity contribution in [2.45, 2.75) is 39.3 Å². The van der Waals surface area contributed by atoms with Gasteiger partial charge in [0.25, 0.3) is 0 Å². The molecule has 0 aliphatic carbocycles. The molecule has 0 aliphatic heterocycles. The molecule has 0 amide bonds. The number of ether oxygens (including phenoxy) is 2. The standard InChI is InChI=1S/C17H27F2N3O2.HI/c1-3-20-17(21-11-7-4-8-12-23-2)22-13-14-9-5-6-10-15(14)24-16(18)19;/h5-6,9-10,16H,3-4,7-8,11-13H2,1-2H3,(H2,20,21,22);1H. The van der Waals surface area contributed by atoms with E-state index >= 15 is 0 Å². The molecule has 0 spiro atoms. The fraction of sp³-hybridized carbons (Fsp3) is 0.588. The van der Waals surface area contributed by atoms with E-state index in [0.29, 0.717) is 11.5 Å². The zero-order chi connectivity index (χ0) is 17.6.